The van der Waals surface area contributed by atoms with Crippen LogP contribution in [0.1, 0.15) is 34.9 Å². The Morgan fingerprint density at radius 2 is 1.91 bits per heavy atom. The molecule has 2 aliphatic rings. The maximum Gasteiger partial charge on any atom is 0.250 e. The lowest BCUT2D eigenvalue weighted by atomic mass is 9.83. The summed E-state index contributed by atoms with van der Waals surface area (Å²) in [5, 5.41) is 16.6. The maximum atomic E-state index is 12.3. The van der Waals surface area contributed by atoms with E-state index in [1.54, 1.807) is 12.1 Å². The standard InChI is InChI=1S/C26H24ClN3O3/c27-19-6-4-16(5-7-19)11-22-20-8-9-24(31)21(26(20)33-28-22)15-29-12-17-10-18(14-29)23-2-1-3-25(32)30(23)13-17/h1-9,17-18,31H,10-15H2/t17-,18+/m1/s1. The van der Waals surface area contributed by atoms with Crippen molar-refractivity contribution in [3.63, 3.8) is 0 Å². The first kappa shape index (κ1) is 20.5. The molecule has 2 bridgehead atoms. The van der Waals surface area contributed by atoms with Crippen LogP contribution >= 0.6 is 11.6 Å². The van der Waals surface area contributed by atoms with Gasteiger partial charge in [-0.1, -0.05) is 35.0 Å². The summed E-state index contributed by atoms with van der Waals surface area (Å²) in [7, 11) is 0. The third kappa shape index (κ3) is 3.73. The first-order valence-corrected chi connectivity index (χ1v) is 11.7. The smallest absolute Gasteiger partial charge is 0.250 e. The zero-order chi connectivity index (χ0) is 22.5. The van der Waals surface area contributed by atoms with E-state index in [2.05, 4.69) is 16.1 Å². The SMILES string of the molecule is O=c1cccc2n1C[C@@H]1C[C@H]2CN(Cc2c(O)ccc3c(Cc4ccc(Cl)cc4)noc23)C1. The molecule has 33 heavy (non-hydrogen) atoms. The topological polar surface area (TPSA) is 71.5 Å². The number of pyridine rings is 1. The summed E-state index contributed by atoms with van der Waals surface area (Å²) in [6.45, 7) is 3.08. The number of fused-ring (bicyclic) bond motifs is 5. The Hall–Kier alpha value is -3.09. The van der Waals surface area contributed by atoms with E-state index >= 15 is 0 Å². The predicted molar refractivity (Wildman–Crippen MR) is 127 cm³/mol. The van der Waals surface area contributed by atoms with E-state index in [-0.39, 0.29) is 11.3 Å². The molecule has 6 nitrogen and oxygen atoms in total. The highest BCUT2D eigenvalue weighted by atomic mass is 35.5. The third-order valence-corrected chi connectivity index (χ3v) is 7.27. The second-order valence-corrected chi connectivity index (χ2v) is 9.70. The average molecular weight is 462 g/mol. The predicted octanol–water partition coefficient (Wildman–Crippen LogP) is 4.56. The Morgan fingerprint density at radius 3 is 2.76 bits per heavy atom. The average Bonchev–Trinajstić information content (AvgIpc) is 3.21. The van der Waals surface area contributed by atoms with Crippen molar-refractivity contribution in [2.75, 3.05) is 13.1 Å². The lowest BCUT2D eigenvalue weighted by Crippen LogP contribution is -2.46. The van der Waals surface area contributed by atoms with Crippen LogP contribution in [-0.4, -0.2) is 32.8 Å². The molecule has 2 aliphatic heterocycles. The molecule has 2 aromatic carbocycles. The van der Waals surface area contributed by atoms with Crippen molar-refractivity contribution < 1.29 is 9.63 Å². The number of benzene rings is 2. The number of aromatic hydroxyl groups is 1. The molecule has 7 heteroatoms. The number of likely N-dealkylation sites (tertiary alicyclic amines) is 1. The van der Waals surface area contributed by atoms with Crippen molar-refractivity contribution in [3.8, 4) is 5.75 Å². The van der Waals surface area contributed by atoms with E-state index in [9.17, 15) is 9.90 Å². The van der Waals surface area contributed by atoms with Gasteiger partial charge in [0.15, 0.2) is 5.58 Å². The highest BCUT2D eigenvalue weighted by molar-refractivity contribution is 6.30. The Bertz CT molecular complexity index is 1390. The second-order valence-electron chi connectivity index (χ2n) is 9.26. The van der Waals surface area contributed by atoms with Gasteiger partial charge in [0.1, 0.15) is 5.75 Å². The molecule has 2 aromatic heterocycles. The summed E-state index contributed by atoms with van der Waals surface area (Å²) in [4.78, 5) is 14.7. The van der Waals surface area contributed by atoms with Crippen LogP contribution in [0, 0.1) is 5.92 Å². The monoisotopic (exact) mass is 461 g/mol. The minimum absolute atomic E-state index is 0.0907. The number of phenols is 1. The molecule has 0 amide bonds. The zero-order valence-corrected chi connectivity index (χ0v) is 18.8. The molecule has 168 valence electrons. The van der Waals surface area contributed by atoms with E-state index in [0.717, 1.165) is 54.0 Å². The third-order valence-electron chi connectivity index (χ3n) is 7.02. The molecule has 0 radical (unpaired) electrons. The van der Waals surface area contributed by atoms with Crippen LogP contribution in [0.2, 0.25) is 5.02 Å². The molecule has 0 spiro atoms. The van der Waals surface area contributed by atoms with Gasteiger partial charge in [0.05, 0.1) is 11.3 Å². The lowest BCUT2D eigenvalue weighted by Gasteiger charge is -2.42. The van der Waals surface area contributed by atoms with Crippen LogP contribution in [0.4, 0.5) is 0 Å². The summed E-state index contributed by atoms with van der Waals surface area (Å²) in [6, 6.07) is 16.9. The molecule has 0 unspecified atom stereocenters. The Balaban J connectivity index is 1.28. The van der Waals surface area contributed by atoms with Crippen LogP contribution in [-0.2, 0) is 19.5 Å². The Morgan fingerprint density at radius 1 is 1.06 bits per heavy atom. The van der Waals surface area contributed by atoms with Gasteiger partial charge in [0, 0.05) is 60.7 Å². The molecule has 1 saturated heterocycles. The highest BCUT2D eigenvalue weighted by Gasteiger charge is 2.35. The van der Waals surface area contributed by atoms with Crippen molar-refractivity contribution in [2.45, 2.75) is 31.8 Å². The van der Waals surface area contributed by atoms with Gasteiger partial charge in [-0.2, -0.15) is 0 Å². The summed E-state index contributed by atoms with van der Waals surface area (Å²) in [6.07, 6.45) is 1.73. The number of piperidine rings is 1. The van der Waals surface area contributed by atoms with Gasteiger partial charge < -0.3 is 14.2 Å². The fraction of sp³-hybridized carbons (Fsp3) is 0.308. The summed E-state index contributed by atoms with van der Waals surface area (Å²) in [5.74, 6) is 0.972. The van der Waals surface area contributed by atoms with E-state index in [1.807, 2.05) is 41.0 Å². The number of hydrogen-bond acceptors (Lipinski definition) is 5. The molecular formula is C26H24ClN3O3. The van der Waals surface area contributed by atoms with Gasteiger partial charge in [0.2, 0.25) is 0 Å². The molecule has 0 saturated carbocycles. The van der Waals surface area contributed by atoms with Crippen LogP contribution < -0.4 is 5.56 Å². The van der Waals surface area contributed by atoms with Crippen molar-refractivity contribution in [2.24, 2.45) is 5.92 Å². The van der Waals surface area contributed by atoms with Gasteiger partial charge in [-0.3, -0.25) is 9.69 Å². The molecule has 0 aliphatic carbocycles. The lowest BCUT2D eigenvalue weighted by molar-refractivity contribution is 0.113. The Kier molecular flexibility index (Phi) is 5.00. The number of hydrogen-bond donors (Lipinski definition) is 1. The fourth-order valence-electron chi connectivity index (χ4n) is 5.52. The molecular weight excluding hydrogens is 438 g/mol. The van der Waals surface area contributed by atoms with Gasteiger partial charge in [-0.05, 0) is 48.2 Å². The maximum absolute atomic E-state index is 12.3. The van der Waals surface area contributed by atoms with Crippen molar-refractivity contribution >= 4 is 22.6 Å². The van der Waals surface area contributed by atoms with Crippen LogP contribution in [0.3, 0.4) is 0 Å². The molecule has 4 aromatic rings. The first-order valence-electron chi connectivity index (χ1n) is 11.3. The Labute approximate surface area is 196 Å². The number of phenolic OH excluding ortho intramolecular Hbond substituents is 1. The quantitative estimate of drug-likeness (QED) is 0.482. The minimum atomic E-state index is 0.0907. The van der Waals surface area contributed by atoms with Gasteiger partial charge in [-0.15, -0.1) is 0 Å². The second kappa shape index (κ2) is 8.04. The van der Waals surface area contributed by atoms with E-state index < -0.39 is 0 Å². The summed E-state index contributed by atoms with van der Waals surface area (Å²) >= 11 is 6.01. The number of halogens is 1. The van der Waals surface area contributed by atoms with Crippen molar-refractivity contribution in [1.82, 2.24) is 14.6 Å². The minimum Gasteiger partial charge on any atom is -0.507 e. The molecule has 6 rings (SSSR count). The van der Waals surface area contributed by atoms with Gasteiger partial charge in [0.25, 0.3) is 5.56 Å². The first-order chi connectivity index (χ1) is 16.0. The highest BCUT2D eigenvalue weighted by Crippen LogP contribution is 2.37. The van der Waals surface area contributed by atoms with E-state index in [4.69, 9.17) is 16.1 Å². The van der Waals surface area contributed by atoms with E-state index in [1.165, 1.54) is 0 Å². The van der Waals surface area contributed by atoms with Crippen LogP contribution in [0.15, 0.2) is 63.9 Å². The summed E-state index contributed by atoms with van der Waals surface area (Å²) in [5.41, 5.74) is 4.57. The van der Waals surface area contributed by atoms with Crippen molar-refractivity contribution in [3.05, 3.63) is 92.5 Å². The van der Waals surface area contributed by atoms with Crippen molar-refractivity contribution in [1.29, 1.82) is 0 Å². The normalized spacial score (nSPS) is 20.2. The number of nitrogens with zero attached hydrogens (tertiary/aromatic N) is 3. The van der Waals surface area contributed by atoms with Crippen LogP contribution in [0.25, 0.3) is 11.0 Å². The molecule has 1 fully saturated rings. The molecule has 4 heterocycles. The number of rotatable bonds is 4. The number of aromatic nitrogens is 2. The van der Waals surface area contributed by atoms with Gasteiger partial charge >= 0.3 is 0 Å². The van der Waals surface area contributed by atoms with Gasteiger partial charge in [-0.25, -0.2) is 0 Å². The van der Waals surface area contributed by atoms with E-state index in [0.29, 0.717) is 35.4 Å². The fourth-order valence-corrected chi connectivity index (χ4v) is 5.65. The van der Waals surface area contributed by atoms with Crippen LogP contribution in [0.5, 0.6) is 5.75 Å². The molecule has 1 N–H and O–H groups in total. The zero-order valence-electron chi connectivity index (χ0n) is 18.1. The summed E-state index contributed by atoms with van der Waals surface area (Å²) < 4.78 is 7.69. The molecule has 2 atom stereocenters. The largest absolute Gasteiger partial charge is 0.507 e.